The summed E-state index contributed by atoms with van der Waals surface area (Å²) in [6, 6.07) is 8.52. The molecule has 0 spiro atoms. The van der Waals surface area contributed by atoms with Gasteiger partial charge in [0, 0.05) is 5.56 Å². The minimum absolute atomic E-state index is 0.0169. The van der Waals surface area contributed by atoms with E-state index in [1.165, 1.54) is 30.3 Å². The Bertz CT molecular complexity index is 658. The molecule has 0 aromatic heterocycles. The van der Waals surface area contributed by atoms with Crippen LogP contribution in [0.4, 0.5) is 13.2 Å². The summed E-state index contributed by atoms with van der Waals surface area (Å²) < 4.78 is 42.7. The Morgan fingerprint density at radius 2 is 1.67 bits per heavy atom. The van der Waals surface area contributed by atoms with Gasteiger partial charge in [-0.15, -0.1) is 0 Å². The van der Waals surface area contributed by atoms with E-state index in [-0.39, 0.29) is 22.7 Å². The fraction of sp³-hybridized carbons (Fsp3) is 0.188. The highest BCUT2D eigenvalue weighted by atomic mass is 19.3. The number of carbonyl (C=O) groups is 1. The van der Waals surface area contributed by atoms with E-state index in [4.69, 9.17) is 0 Å². The van der Waals surface area contributed by atoms with Crippen molar-refractivity contribution in [2.24, 2.45) is 0 Å². The summed E-state index contributed by atoms with van der Waals surface area (Å²) in [5.41, 5.74) is 0.899. The van der Waals surface area contributed by atoms with Crippen LogP contribution in [0.2, 0.25) is 0 Å². The number of alkyl halides is 2. The molecular formula is C16H13F3O2. The average Bonchev–Trinajstić information content (AvgIpc) is 2.43. The maximum atomic E-state index is 13.6. The number of hydrogen-bond donors (Lipinski definition) is 0. The first-order chi connectivity index (χ1) is 9.90. The van der Waals surface area contributed by atoms with Crippen LogP contribution in [-0.4, -0.2) is 12.4 Å². The fourth-order valence-electron chi connectivity index (χ4n) is 2.09. The number of benzene rings is 2. The molecular weight excluding hydrogens is 281 g/mol. The van der Waals surface area contributed by atoms with Crippen molar-refractivity contribution in [1.82, 2.24) is 0 Å². The third-order valence-electron chi connectivity index (χ3n) is 3.05. The van der Waals surface area contributed by atoms with Crippen molar-refractivity contribution >= 4 is 5.78 Å². The van der Waals surface area contributed by atoms with Crippen molar-refractivity contribution in [3.05, 3.63) is 64.5 Å². The number of rotatable bonds is 4. The third-order valence-corrected chi connectivity index (χ3v) is 3.05. The molecule has 5 heteroatoms. The van der Waals surface area contributed by atoms with Crippen LogP contribution in [0.15, 0.2) is 36.4 Å². The van der Waals surface area contributed by atoms with E-state index in [1.807, 2.05) is 0 Å². The first kappa shape index (κ1) is 15.1. The molecule has 0 heterocycles. The number of carbonyl (C=O) groups excluding carboxylic acids is 1. The molecule has 0 amide bonds. The Morgan fingerprint density at radius 1 is 1.10 bits per heavy atom. The SMILES string of the molecule is Cc1cc(C(=O)c2ccccc2OC(F)F)cc(C)c1F. The van der Waals surface area contributed by atoms with Gasteiger partial charge in [-0.05, 0) is 49.2 Å². The number of aryl methyl sites for hydroxylation is 2. The molecule has 0 fully saturated rings. The molecule has 0 saturated carbocycles. The van der Waals surface area contributed by atoms with E-state index in [9.17, 15) is 18.0 Å². The van der Waals surface area contributed by atoms with Gasteiger partial charge in [0.2, 0.25) is 0 Å². The van der Waals surface area contributed by atoms with Crippen LogP contribution in [0.3, 0.4) is 0 Å². The number of hydrogen-bond acceptors (Lipinski definition) is 2. The zero-order chi connectivity index (χ0) is 15.6. The Kier molecular flexibility index (Phi) is 4.31. The second kappa shape index (κ2) is 5.99. The highest BCUT2D eigenvalue weighted by Gasteiger charge is 2.18. The van der Waals surface area contributed by atoms with Crippen LogP contribution in [0, 0.1) is 19.7 Å². The lowest BCUT2D eigenvalue weighted by Crippen LogP contribution is -2.09. The molecule has 2 nitrogen and oxygen atoms in total. The minimum atomic E-state index is -3.02. The normalized spacial score (nSPS) is 10.8. The van der Waals surface area contributed by atoms with E-state index in [0.29, 0.717) is 11.1 Å². The topological polar surface area (TPSA) is 26.3 Å². The first-order valence-electron chi connectivity index (χ1n) is 6.25. The van der Waals surface area contributed by atoms with E-state index >= 15 is 0 Å². The second-order valence-electron chi connectivity index (χ2n) is 4.63. The van der Waals surface area contributed by atoms with Crippen LogP contribution in [0.5, 0.6) is 5.75 Å². The predicted octanol–water partition coefficient (Wildman–Crippen LogP) is 4.27. The molecule has 0 aliphatic rings. The number of para-hydroxylation sites is 1. The molecule has 2 aromatic rings. The average molecular weight is 294 g/mol. The molecule has 0 atom stereocenters. The molecule has 2 aromatic carbocycles. The van der Waals surface area contributed by atoms with Crippen LogP contribution in [-0.2, 0) is 0 Å². The highest BCUT2D eigenvalue weighted by Crippen LogP contribution is 2.25. The van der Waals surface area contributed by atoms with Gasteiger partial charge in [-0.3, -0.25) is 4.79 Å². The summed E-state index contributed by atoms with van der Waals surface area (Å²) in [6.07, 6.45) is 0. The van der Waals surface area contributed by atoms with E-state index in [0.717, 1.165) is 0 Å². The van der Waals surface area contributed by atoms with Crippen molar-refractivity contribution in [3.8, 4) is 5.75 Å². The summed E-state index contributed by atoms with van der Waals surface area (Å²) in [5, 5.41) is 0. The highest BCUT2D eigenvalue weighted by molar-refractivity contribution is 6.10. The zero-order valence-electron chi connectivity index (χ0n) is 11.5. The van der Waals surface area contributed by atoms with Gasteiger partial charge in [-0.2, -0.15) is 8.78 Å². The van der Waals surface area contributed by atoms with Crippen molar-refractivity contribution < 1.29 is 22.7 Å². The summed E-state index contributed by atoms with van der Waals surface area (Å²) in [4.78, 5) is 12.4. The molecule has 0 N–H and O–H groups in total. The van der Waals surface area contributed by atoms with Gasteiger partial charge >= 0.3 is 6.61 Å². The summed E-state index contributed by atoms with van der Waals surface area (Å²) >= 11 is 0. The lowest BCUT2D eigenvalue weighted by Gasteiger charge is -2.11. The van der Waals surface area contributed by atoms with Gasteiger partial charge in [0.25, 0.3) is 0 Å². The summed E-state index contributed by atoms with van der Waals surface area (Å²) in [7, 11) is 0. The minimum Gasteiger partial charge on any atom is -0.434 e. The third kappa shape index (κ3) is 3.24. The maximum Gasteiger partial charge on any atom is 0.387 e. The first-order valence-corrected chi connectivity index (χ1v) is 6.25. The van der Waals surface area contributed by atoms with Crippen molar-refractivity contribution in [2.45, 2.75) is 20.5 Å². The molecule has 2 rings (SSSR count). The molecule has 0 unspecified atom stereocenters. The molecule has 0 aliphatic heterocycles. The zero-order valence-corrected chi connectivity index (χ0v) is 11.5. The predicted molar refractivity (Wildman–Crippen MR) is 72.4 cm³/mol. The van der Waals surface area contributed by atoms with E-state index < -0.39 is 12.4 Å². The molecule has 21 heavy (non-hydrogen) atoms. The second-order valence-corrected chi connectivity index (χ2v) is 4.63. The Balaban J connectivity index is 2.45. The van der Waals surface area contributed by atoms with Crippen LogP contribution >= 0.6 is 0 Å². The molecule has 0 saturated heterocycles. The monoisotopic (exact) mass is 294 g/mol. The van der Waals surface area contributed by atoms with Gasteiger partial charge in [0.15, 0.2) is 5.78 Å². The smallest absolute Gasteiger partial charge is 0.387 e. The van der Waals surface area contributed by atoms with E-state index in [1.54, 1.807) is 19.9 Å². The molecule has 110 valence electrons. The molecule has 0 radical (unpaired) electrons. The van der Waals surface area contributed by atoms with Gasteiger partial charge in [0.05, 0.1) is 5.56 Å². The molecule has 0 bridgehead atoms. The Labute approximate surface area is 120 Å². The number of ketones is 1. The van der Waals surface area contributed by atoms with E-state index in [2.05, 4.69) is 4.74 Å². The van der Waals surface area contributed by atoms with Gasteiger partial charge in [0.1, 0.15) is 11.6 Å². The number of ether oxygens (including phenoxy) is 1. The van der Waals surface area contributed by atoms with Gasteiger partial charge in [-0.25, -0.2) is 4.39 Å². The summed E-state index contributed by atoms with van der Waals surface area (Å²) in [5.74, 6) is -1.07. The summed E-state index contributed by atoms with van der Waals surface area (Å²) in [6.45, 7) is 0.0667. The number of halogens is 3. The fourth-order valence-corrected chi connectivity index (χ4v) is 2.09. The van der Waals surface area contributed by atoms with Crippen LogP contribution < -0.4 is 4.74 Å². The Hall–Kier alpha value is -2.30. The van der Waals surface area contributed by atoms with Gasteiger partial charge < -0.3 is 4.74 Å². The lowest BCUT2D eigenvalue weighted by atomic mass is 9.98. The van der Waals surface area contributed by atoms with Crippen molar-refractivity contribution in [3.63, 3.8) is 0 Å². The maximum absolute atomic E-state index is 13.6. The standard InChI is InChI=1S/C16H13F3O2/c1-9-7-11(8-10(2)14(9)17)15(20)12-5-3-4-6-13(12)21-16(18)19/h3-8,16H,1-2H3. The van der Waals surface area contributed by atoms with Crippen molar-refractivity contribution in [1.29, 1.82) is 0 Å². The van der Waals surface area contributed by atoms with Crippen LogP contribution in [0.25, 0.3) is 0 Å². The largest absolute Gasteiger partial charge is 0.434 e. The lowest BCUT2D eigenvalue weighted by molar-refractivity contribution is -0.0501. The van der Waals surface area contributed by atoms with Crippen LogP contribution in [0.1, 0.15) is 27.0 Å². The Morgan fingerprint density at radius 3 is 2.24 bits per heavy atom. The van der Waals surface area contributed by atoms with Gasteiger partial charge in [-0.1, -0.05) is 12.1 Å². The quantitative estimate of drug-likeness (QED) is 0.787. The van der Waals surface area contributed by atoms with Crippen molar-refractivity contribution in [2.75, 3.05) is 0 Å². The molecule has 0 aliphatic carbocycles.